The van der Waals surface area contributed by atoms with Gasteiger partial charge in [-0.25, -0.2) is 8.78 Å². The van der Waals surface area contributed by atoms with E-state index in [1.165, 1.54) is 24.8 Å². The molecule has 0 aromatic rings. The van der Waals surface area contributed by atoms with E-state index >= 15 is 0 Å². The molecule has 206 valence electrons. The van der Waals surface area contributed by atoms with Gasteiger partial charge in [-0.3, -0.25) is 0 Å². The van der Waals surface area contributed by atoms with Gasteiger partial charge >= 0.3 is 0 Å². The zero-order chi connectivity index (χ0) is 29.4. The van der Waals surface area contributed by atoms with E-state index in [-0.39, 0.29) is 41.0 Å². The molecule has 1 unspecified atom stereocenters. The molecule has 0 saturated heterocycles. The molecule has 1 atom stereocenters. The van der Waals surface area contributed by atoms with Crippen molar-refractivity contribution in [1.29, 1.82) is 0 Å². The van der Waals surface area contributed by atoms with E-state index in [1.54, 1.807) is 14.0 Å². The van der Waals surface area contributed by atoms with Crippen LogP contribution in [0.5, 0.6) is 0 Å². The monoisotopic (exact) mass is 510 g/mol. The fourth-order valence-electron chi connectivity index (χ4n) is 1.95. The number of rotatable bonds is 13. The molecule has 0 heterocycles. The van der Waals surface area contributed by atoms with Gasteiger partial charge in [0.25, 0.3) is 0 Å². The molecule has 36 heavy (non-hydrogen) atoms. The van der Waals surface area contributed by atoms with Gasteiger partial charge in [0.15, 0.2) is 11.5 Å². The van der Waals surface area contributed by atoms with Crippen LogP contribution in [0.1, 0.15) is 48.5 Å². The van der Waals surface area contributed by atoms with Crippen LogP contribution in [-0.4, -0.2) is 34.2 Å². The summed E-state index contributed by atoms with van der Waals surface area (Å²) in [5, 5.41) is 0. The Morgan fingerprint density at radius 1 is 0.889 bits per heavy atom. The quantitative estimate of drug-likeness (QED) is 0.107. The lowest BCUT2D eigenvalue weighted by atomic mass is 9.97. The second-order valence-electron chi connectivity index (χ2n) is 7.77. The number of ether oxygens (including phenoxy) is 3. The number of carbonyl (C=O) groups excluding carboxylic acids is 1. The van der Waals surface area contributed by atoms with Crippen LogP contribution in [0.15, 0.2) is 96.6 Å². The number of carbonyl (C=O) groups is 1. The molecule has 0 amide bonds. The maximum atomic E-state index is 14.6. The van der Waals surface area contributed by atoms with Crippen molar-refractivity contribution in [3.8, 4) is 0 Å². The van der Waals surface area contributed by atoms with Crippen molar-refractivity contribution in [2.24, 2.45) is 11.8 Å². The van der Waals surface area contributed by atoms with E-state index in [9.17, 15) is 8.78 Å². The largest absolute Gasteiger partial charge is 0.493 e. The van der Waals surface area contributed by atoms with Crippen LogP contribution < -0.4 is 0 Å². The van der Waals surface area contributed by atoms with Crippen molar-refractivity contribution in [2.45, 2.75) is 48.5 Å². The van der Waals surface area contributed by atoms with Gasteiger partial charge < -0.3 is 19.0 Å². The van der Waals surface area contributed by atoms with Crippen molar-refractivity contribution in [1.82, 2.24) is 0 Å². The fraction of sp³-hybridized carbons (Fsp3) is 0.433. The van der Waals surface area contributed by atoms with E-state index in [2.05, 4.69) is 32.9 Å². The molecule has 0 fully saturated rings. The number of hydrogen-bond donors (Lipinski definition) is 0. The molecule has 0 N–H and O–H groups in total. The molecule has 0 aliphatic rings. The van der Waals surface area contributed by atoms with Crippen molar-refractivity contribution < 1.29 is 27.8 Å². The Bertz CT molecular complexity index is 783. The van der Waals surface area contributed by atoms with E-state index in [0.717, 1.165) is 6.08 Å². The maximum Gasteiger partial charge on any atom is 0.161 e. The Morgan fingerprint density at radius 3 is 1.75 bits per heavy atom. The van der Waals surface area contributed by atoms with Crippen molar-refractivity contribution in [3.63, 3.8) is 0 Å². The highest BCUT2D eigenvalue weighted by Gasteiger charge is 2.15. The summed E-state index contributed by atoms with van der Waals surface area (Å²) in [6, 6.07) is 0. The van der Waals surface area contributed by atoms with Crippen molar-refractivity contribution in [2.75, 3.05) is 27.4 Å². The van der Waals surface area contributed by atoms with Crippen LogP contribution in [0.4, 0.5) is 8.78 Å². The van der Waals surface area contributed by atoms with Crippen LogP contribution in [0.25, 0.3) is 0 Å². The van der Waals surface area contributed by atoms with Gasteiger partial charge in [0.05, 0.1) is 13.7 Å². The van der Waals surface area contributed by atoms with Crippen LogP contribution in [0, 0.1) is 11.8 Å². The Balaban J connectivity index is -0.000000564. The smallest absolute Gasteiger partial charge is 0.161 e. The first-order valence-electron chi connectivity index (χ1n) is 11.6. The first kappa shape index (κ1) is 40.2. The molecule has 0 spiro atoms. The number of allylic oxidation sites excluding steroid dienone is 9. The molecule has 0 aromatic heterocycles. The Morgan fingerprint density at radius 2 is 1.36 bits per heavy atom. The topological polar surface area (TPSA) is 44.8 Å². The molecule has 0 aliphatic heterocycles. The predicted octanol–water partition coefficient (Wildman–Crippen LogP) is 8.78. The van der Waals surface area contributed by atoms with Gasteiger partial charge in [0, 0.05) is 18.6 Å². The minimum Gasteiger partial charge on any atom is -0.493 e. The molecule has 0 aliphatic carbocycles. The predicted molar refractivity (Wildman–Crippen MR) is 151 cm³/mol. The summed E-state index contributed by atoms with van der Waals surface area (Å²) in [6.07, 6.45) is 4.12. The fourth-order valence-corrected chi connectivity index (χ4v) is 1.95. The van der Waals surface area contributed by atoms with Gasteiger partial charge in [-0.1, -0.05) is 66.5 Å². The molecule has 0 rings (SSSR count). The van der Waals surface area contributed by atoms with E-state index in [4.69, 9.17) is 19.0 Å². The summed E-state index contributed by atoms with van der Waals surface area (Å²) in [6.45, 7) is 34.5. The summed E-state index contributed by atoms with van der Waals surface area (Å²) < 4.78 is 44.2. The lowest BCUT2D eigenvalue weighted by molar-refractivity contribution is -0.0980. The van der Waals surface area contributed by atoms with Gasteiger partial charge in [-0.2, -0.15) is 0 Å². The average molecular weight is 511 g/mol. The van der Waals surface area contributed by atoms with Crippen molar-refractivity contribution >= 4 is 6.79 Å². The number of halogens is 2. The number of methoxy groups -OCH3 is 2. The minimum absolute atomic E-state index is 0.0262. The standard InChI is InChI=1S/C23H32F2O3.C4H8.C2H6.CH2O/c1-15(2)12-21(24)18(5)16(3)13-22(25)19(6)17(4)14-23(20(7)27-9)28-11-10-26-8;1-4(2)3;2*1-2/h12-15,18H,3-4,6-7,10-11H2,1-2,5,8-9H3;1H2,2-3H3;1-2H3;1H2/b21-12+,22-13+,23-14+;;;. The third-order valence-electron chi connectivity index (χ3n) is 3.82. The zero-order valence-electron chi connectivity index (χ0n) is 23.9. The summed E-state index contributed by atoms with van der Waals surface area (Å²) >= 11 is 0. The van der Waals surface area contributed by atoms with E-state index in [0.29, 0.717) is 12.2 Å². The second kappa shape index (κ2) is 25.1. The molecule has 4 nitrogen and oxygen atoms in total. The highest BCUT2D eigenvalue weighted by Crippen LogP contribution is 2.27. The first-order chi connectivity index (χ1) is 16.8. The maximum absolute atomic E-state index is 14.6. The third kappa shape index (κ3) is 21.5. The Kier molecular flexibility index (Phi) is 28.0. The SMILES string of the molecule is C=C(/C=C(/OCCOC)C(=C)OC)C(=C)/C(F)=C\C(=C)C(C)/C(F)=C\C(C)C.C=C(C)C.C=O.CC. The molecule has 6 heteroatoms. The van der Waals surface area contributed by atoms with Gasteiger partial charge in [0.1, 0.15) is 25.0 Å². The number of hydrogen-bond acceptors (Lipinski definition) is 4. The molecule has 0 saturated carbocycles. The van der Waals surface area contributed by atoms with Crippen LogP contribution in [-0.2, 0) is 19.0 Å². The zero-order valence-corrected chi connectivity index (χ0v) is 23.9. The van der Waals surface area contributed by atoms with Gasteiger partial charge in [-0.05, 0) is 49.1 Å². The normalized spacial score (nSPS) is 11.8. The van der Waals surface area contributed by atoms with Crippen LogP contribution in [0.3, 0.4) is 0 Å². The van der Waals surface area contributed by atoms with Crippen molar-refractivity contribution in [3.05, 3.63) is 96.6 Å². The van der Waals surface area contributed by atoms with Crippen LogP contribution in [0.2, 0.25) is 0 Å². The third-order valence-corrected chi connectivity index (χ3v) is 3.82. The minimum atomic E-state index is -0.658. The Labute approximate surface area is 219 Å². The summed E-state index contributed by atoms with van der Waals surface area (Å²) in [5.41, 5.74) is 1.75. The highest BCUT2D eigenvalue weighted by molar-refractivity contribution is 5.49. The molecule has 0 bridgehead atoms. The Hall–Kier alpha value is -2.99. The summed E-state index contributed by atoms with van der Waals surface area (Å²) in [7, 11) is 2.99. The molecule has 0 radical (unpaired) electrons. The molecular weight excluding hydrogens is 462 g/mol. The summed E-state index contributed by atoms with van der Waals surface area (Å²) in [5.74, 6) is -1.04. The second-order valence-corrected chi connectivity index (χ2v) is 7.77. The average Bonchev–Trinajstić information content (AvgIpc) is 2.83. The van der Waals surface area contributed by atoms with Gasteiger partial charge in [0.2, 0.25) is 0 Å². The van der Waals surface area contributed by atoms with Gasteiger partial charge in [-0.15, -0.1) is 6.58 Å². The highest BCUT2D eigenvalue weighted by atomic mass is 19.1. The lowest BCUT2D eigenvalue weighted by Crippen LogP contribution is -2.05. The lowest BCUT2D eigenvalue weighted by Gasteiger charge is -2.14. The first-order valence-corrected chi connectivity index (χ1v) is 11.6. The molecular formula is C30H48F2O4. The van der Waals surface area contributed by atoms with E-state index in [1.807, 2.05) is 48.3 Å². The van der Waals surface area contributed by atoms with E-state index < -0.39 is 11.7 Å². The summed E-state index contributed by atoms with van der Waals surface area (Å²) in [4.78, 5) is 8.00. The van der Waals surface area contributed by atoms with Crippen LogP contribution >= 0.6 is 0 Å². The molecule has 0 aromatic carbocycles.